The molecule has 9 nitrogen and oxygen atoms in total. The molecule has 2 N–H and O–H groups in total. The predicted octanol–water partition coefficient (Wildman–Crippen LogP) is 4.51. The third-order valence-electron chi connectivity index (χ3n) is 5.72. The van der Waals surface area contributed by atoms with E-state index in [0.29, 0.717) is 44.2 Å². The van der Waals surface area contributed by atoms with Crippen LogP contribution in [0, 0.1) is 0 Å². The highest BCUT2D eigenvalue weighted by Crippen LogP contribution is 2.38. The molecule has 0 unspecified atom stereocenters. The molecule has 0 fully saturated rings. The molecular formula is C28H33N7O2. The number of methoxy groups -OCH3 is 1. The van der Waals surface area contributed by atoms with Crippen LogP contribution < -0.4 is 20.3 Å². The highest BCUT2D eigenvalue weighted by atomic mass is 16.5. The van der Waals surface area contributed by atoms with Crippen molar-refractivity contribution in [1.82, 2.24) is 19.4 Å². The Morgan fingerprint density at radius 3 is 2.81 bits per heavy atom. The molecule has 192 valence electrons. The van der Waals surface area contributed by atoms with Crippen molar-refractivity contribution in [2.45, 2.75) is 0 Å². The lowest BCUT2D eigenvalue weighted by Gasteiger charge is -2.26. The van der Waals surface area contributed by atoms with Crippen LogP contribution in [0.15, 0.2) is 67.5 Å². The average Bonchev–Trinajstić information content (AvgIpc) is 3.36. The van der Waals surface area contributed by atoms with Gasteiger partial charge in [-0.2, -0.15) is 0 Å². The van der Waals surface area contributed by atoms with E-state index < -0.39 is 26.8 Å². The summed E-state index contributed by atoms with van der Waals surface area (Å²) in [5.74, 6) is -0.0779. The number of hydrogen-bond acceptors (Lipinski definition) is 7. The first kappa shape index (κ1) is 16.4. The van der Waals surface area contributed by atoms with E-state index in [1.165, 1.54) is 24.1 Å². The Kier molecular flexibility index (Phi) is 4.93. The van der Waals surface area contributed by atoms with Crippen LogP contribution in [-0.2, 0) is 11.8 Å². The maximum atomic E-state index is 12.4. The maximum absolute atomic E-state index is 12.4. The van der Waals surface area contributed by atoms with E-state index in [1.54, 1.807) is 42.3 Å². The van der Waals surface area contributed by atoms with Crippen molar-refractivity contribution in [1.29, 1.82) is 0 Å². The quantitative estimate of drug-likeness (QED) is 0.305. The van der Waals surface area contributed by atoms with E-state index in [1.807, 2.05) is 12.1 Å². The number of hydrogen-bond donors (Lipinski definition) is 2. The summed E-state index contributed by atoms with van der Waals surface area (Å²) in [5, 5.41) is 6.50. The zero-order valence-electron chi connectivity index (χ0n) is 29.4. The monoisotopic (exact) mass is 508 g/mol. The van der Waals surface area contributed by atoms with Crippen LogP contribution in [0.2, 0.25) is 0 Å². The van der Waals surface area contributed by atoms with Gasteiger partial charge in [0.05, 0.1) is 29.9 Å². The Morgan fingerprint density at radius 1 is 1.22 bits per heavy atom. The summed E-state index contributed by atoms with van der Waals surface area (Å²) in [7, 11) is 3.04. The van der Waals surface area contributed by atoms with Gasteiger partial charge in [0.25, 0.3) is 0 Å². The minimum Gasteiger partial charge on any atom is -0.494 e. The molecule has 4 aromatic rings. The summed E-state index contributed by atoms with van der Waals surface area (Å²) in [6.07, 6.45) is 4.12. The van der Waals surface area contributed by atoms with Gasteiger partial charge in [-0.25, -0.2) is 9.97 Å². The fourth-order valence-corrected chi connectivity index (χ4v) is 3.88. The zero-order chi connectivity index (χ0) is 34.0. The summed E-state index contributed by atoms with van der Waals surface area (Å²) in [6, 6.07) is 11.9. The Bertz CT molecular complexity index is 1720. The first-order chi connectivity index (χ1) is 21.4. The van der Waals surface area contributed by atoms with Gasteiger partial charge < -0.3 is 29.7 Å². The van der Waals surface area contributed by atoms with Crippen molar-refractivity contribution in [2.24, 2.45) is 6.98 Å². The lowest BCUT2D eigenvalue weighted by Crippen LogP contribution is -2.29. The highest BCUT2D eigenvalue weighted by molar-refractivity contribution is 6.02. The molecule has 0 aliphatic heterocycles. The first-order valence-corrected chi connectivity index (χ1v) is 11.3. The molecule has 2 heterocycles. The van der Waals surface area contributed by atoms with E-state index in [0.717, 1.165) is 6.08 Å². The molecular weight excluding hydrogens is 466 g/mol. The number of benzene rings is 2. The first-order valence-electron chi connectivity index (χ1n) is 15.8. The van der Waals surface area contributed by atoms with Crippen LogP contribution >= 0.6 is 0 Å². The van der Waals surface area contributed by atoms with Gasteiger partial charge in [-0.05, 0) is 38.2 Å². The second-order valence-corrected chi connectivity index (χ2v) is 8.16. The van der Waals surface area contributed by atoms with Crippen LogP contribution in [-0.4, -0.2) is 66.5 Å². The summed E-state index contributed by atoms with van der Waals surface area (Å²) >= 11 is 0. The molecule has 0 aliphatic rings. The molecule has 0 bridgehead atoms. The van der Waals surface area contributed by atoms with Crippen molar-refractivity contribution in [3.05, 3.63) is 67.5 Å². The fraction of sp³-hybridized carbons (Fsp3) is 0.250. The van der Waals surface area contributed by atoms with E-state index >= 15 is 0 Å². The van der Waals surface area contributed by atoms with Crippen LogP contribution in [0.5, 0.6) is 5.75 Å². The minimum absolute atomic E-state index is 0.0291. The Labute approximate surface area is 230 Å². The van der Waals surface area contributed by atoms with Crippen molar-refractivity contribution >= 4 is 39.8 Å². The average molecular weight is 509 g/mol. The number of rotatable bonds is 10. The molecule has 0 saturated carbocycles. The van der Waals surface area contributed by atoms with E-state index in [4.69, 9.17) is 17.1 Å². The topological polar surface area (TPSA) is 87.6 Å². The number of aryl methyl sites for hydroxylation is 1. The van der Waals surface area contributed by atoms with Gasteiger partial charge in [0.15, 0.2) is 0 Å². The number of carbonyl (C=O) groups is 1. The molecule has 4 rings (SSSR count). The molecule has 9 heteroatoms. The summed E-state index contributed by atoms with van der Waals surface area (Å²) in [6.45, 7) is -4.98. The molecule has 2 aromatic heterocycles. The largest absolute Gasteiger partial charge is 0.494 e. The second kappa shape index (κ2) is 11.1. The maximum Gasteiger partial charge on any atom is 0.247 e. The molecule has 0 radical (unpaired) electrons. The molecule has 0 saturated heterocycles. The lowest BCUT2D eigenvalue weighted by atomic mass is 10.1. The lowest BCUT2D eigenvalue weighted by molar-refractivity contribution is -0.111. The van der Waals surface area contributed by atoms with Gasteiger partial charge in [-0.15, -0.1) is 0 Å². The van der Waals surface area contributed by atoms with E-state index in [-0.39, 0.29) is 24.7 Å². The van der Waals surface area contributed by atoms with Crippen LogP contribution in [0.1, 0.15) is 12.3 Å². The highest BCUT2D eigenvalue weighted by Gasteiger charge is 2.17. The van der Waals surface area contributed by atoms with Crippen molar-refractivity contribution < 1.29 is 21.9 Å². The molecule has 0 atom stereocenters. The van der Waals surface area contributed by atoms with Gasteiger partial charge in [-0.3, -0.25) is 4.79 Å². The Hall–Kier alpha value is -4.37. The molecule has 1 amide bonds. The third kappa shape index (κ3) is 5.73. The number of nitrogens with one attached hydrogen (secondary N) is 2. The van der Waals surface area contributed by atoms with Crippen LogP contribution in [0.3, 0.4) is 0 Å². The molecule has 37 heavy (non-hydrogen) atoms. The second-order valence-electron chi connectivity index (χ2n) is 8.16. The number of aromatic nitrogens is 3. The number of fused-ring (bicyclic) bond motifs is 1. The van der Waals surface area contributed by atoms with Crippen molar-refractivity contribution in [3.8, 4) is 17.0 Å². The van der Waals surface area contributed by atoms with Crippen molar-refractivity contribution in [3.63, 3.8) is 0 Å². The number of nitrogens with zero attached hydrogens (tertiary/aromatic N) is 5. The Balaban J connectivity index is 1.71. The SMILES string of the molecule is [2H]C([2H])([2H])N(CCN(C)c1cc(OC)c(Nc2nccc(-c3cn(C([2H])([2H])[2H])c4ccccc34)n2)cc1NC(=O)C=C)C([2H])([2H])[2H]. The molecule has 0 aliphatic carbocycles. The number of carbonyl (C=O) groups excluding carboxylic acids is 1. The molecule has 2 aromatic carbocycles. The van der Waals surface area contributed by atoms with Crippen LogP contribution in [0.4, 0.5) is 23.0 Å². The van der Waals surface area contributed by atoms with E-state index in [9.17, 15) is 4.79 Å². The number of likely N-dealkylation sites (N-methyl/N-ethyl adjacent to an activating group) is 2. The standard InChI is InChI=1S/C28H33N7O2/c1-7-27(36)30-22-16-23(26(37-6)17-25(22)34(4)15-14-33(2)3)32-28-29-13-12-21(31-28)20-18-35(5)24-11-9-8-10-19(20)24/h7-13,16-18H,1,14-15H2,2-6H3,(H,30,36)(H,29,31,32)/i2D3,3D3,5D3. The number of anilines is 4. The number of amides is 1. The Morgan fingerprint density at radius 2 is 2.05 bits per heavy atom. The number of ether oxygens (including phenoxy) is 1. The fourth-order valence-electron chi connectivity index (χ4n) is 3.88. The van der Waals surface area contributed by atoms with Gasteiger partial charge in [-0.1, -0.05) is 24.8 Å². The van der Waals surface area contributed by atoms with Gasteiger partial charge >= 0.3 is 0 Å². The summed E-state index contributed by atoms with van der Waals surface area (Å²) < 4.78 is 76.5. The third-order valence-corrected chi connectivity index (χ3v) is 5.72. The summed E-state index contributed by atoms with van der Waals surface area (Å²) in [5.41, 5.74) is 2.61. The molecule has 0 spiro atoms. The normalized spacial score (nSPS) is 15.6. The van der Waals surface area contributed by atoms with Gasteiger partial charge in [0, 0.05) is 74.4 Å². The minimum atomic E-state index is -2.85. The van der Waals surface area contributed by atoms with Gasteiger partial charge in [0.2, 0.25) is 11.9 Å². The summed E-state index contributed by atoms with van der Waals surface area (Å²) in [4.78, 5) is 23.3. The number of para-hydroxylation sites is 1. The van der Waals surface area contributed by atoms with Crippen molar-refractivity contribution in [2.75, 3.05) is 56.7 Å². The van der Waals surface area contributed by atoms with Gasteiger partial charge in [0.1, 0.15) is 5.75 Å². The predicted molar refractivity (Wildman–Crippen MR) is 151 cm³/mol. The smallest absolute Gasteiger partial charge is 0.247 e. The van der Waals surface area contributed by atoms with Crippen LogP contribution in [0.25, 0.3) is 22.2 Å². The zero-order valence-corrected chi connectivity index (χ0v) is 20.4. The van der Waals surface area contributed by atoms with E-state index in [2.05, 4.69) is 27.2 Å².